The Hall–Kier alpha value is -4.38. The normalized spacial score (nSPS) is 14.5. The van der Waals surface area contributed by atoms with Crippen molar-refractivity contribution >= 4 is 39.2 Å². The fourth-order valence-electron chi connectivity index (χ4n) is 5.67. The van der Waals surface area contributed by atoms with E-state index in [2.05, 4.69) is 63.9 Å². The van der Waals surface area contributed by atoms with E-state index in [1.807, 2.05) is 45.0 Å². The van der Waals surface area contributed by atoms with Gasteiger partial charge in [0.05, 0.1) is 22.4 Å². The van der Waals surface area contributed by atoms with Gasteiger partial charge in [-0.2, -0.15) is 0 Å². The van der Waals surface area contributed by atoms with Crippen LogP contribution in [-0.2, 0) is 33.0 Å². The maximum absolute atomic E-state index is 8.55. The van der Waals surface area contributed by atoms with Gasteiger partial charge in [-0.1, -0.05) is 55.5 Å². The van der Waals surface area contributed by atoms with E-state index in [-0.39, 0.29) is 31.5 Å². The molecule has 6 heteroatoms. The zero-order valence-corrected chi connectivity index (χ0v) is 27.8. The Kier molecular flexibility index (Phi) is 6.74. The Morgan fingerprint density at radius 2 is 1.89 bits per heavy atom. The average molecular weight is 772 g/mol. The van der Waals surface area contributed by atoms with E-state index in [4.69, 9.17) is 16.3 Å². The van der Waals surface area contributed by atoms with Crippen molar-refractivity contribution in [2.75, 3.05) is 0 Å². The first-order valence-electron chi connectivity index (χ1n) is 17.1. The number of hydrogen-bond acceptors (Lipinski definition) is 4. The molecule has 0 saturated heterocycles. The SMILES string of the molecule is Cc1cc2c3c(c1)nc(-c1[c-]cccc1)n3CC=C2.[2H]C([2H])([2H])c1ccc2c(n1)oc1c(-c3cc(C([2H])([2H])C(C)(C)C)ccn3)[c-]ccc12.[Ir]. The third kappa shape index (κ3) is 6.13. The minimum atomic E-state index is -2.32. The minimum Gasteiger partial charge on any atom is -0.486 e. The Bertz CT molecular complexity index is 2390. The number of rotatable bonds is 3. The summed E-state index contributed by atoms with van der Waals surface area (Å²) in [5.74, 6) is 1.01. The number of nitrogens with zero attached hydrogens (tertiary/aromatic N) is 4. The van der Waals surface area contributed by atoms with Crippen LogP contribution in [0, 0.1) is 31.3 Å². The van der Waals surface area contributed by atoms with Crippen molar-refractivity contribution in [3.05, 3.63) is 120 Å². The van der Waals surface area contributed by atoms with Crippen LogP contribution in [0.25, 0.3) is 61.8 Å². The number of benzene rings is 3. The minimum absolute atomic E-state index is 0. The van der Waals surface area contributed by atoms with E-state index < -0.39 is 18.6 Å². The number of hydrogen-bond donors (Lipinski definition) is 0. The molecule has 4 aromatic heterocycles. The molecule has 0 bridgehead atoms. The van der Waals surface area contributed by atoms with Gasteiger partial charge in [0.2, 0.25) is 5.71 Å². The molecule has 0 unspecified atom stereocenters. The van der Waals surface area contributed by atoms with Crippen LogP contribution in [0.1, 0.15) is 50.0 Å². The molecule has 8 rings (SSSR count). The molecule has 1 radical (unpaired) electrons. The molecule has 5 heterocycles. The predicted octanol–water partition coefficient (Wildman–Crippen LogP) is 9.58. The molecule has 0 spiro atoms. The summed E-state index contributed by atoms with van der Waals surface area (Å²) in [7, 11) is 0. The first-order chi connectivity index (χ1) is 23.2. The molecule has 3 aromatic carbocycles. The average Bonchev–Trinajstić information content (AvgIpc) is 3.63. The molecule has 1 aliphatic rings. The van der Waals surface area contributed by atoms with Crippen molar-refractivity contribution in [1.82, 2.24) is 19.5 Å². The maximum Gasteiger partial charge on any atom is 0.216 e. The van der Waals surface area contributed by atoms with Gasteiger partial charge in [-0.15, -0.1) is 54.1 Å². The molecule has 0 atom stereocenters. The predicted molar refractivity (Wildman–Crippen MR) is 179 cm³/mol. The van der Waals surface area contributed by atoms with Crippen LogP contribution in [0.3, 0.4) is 0 Å². The number of aromatic nitrogens is 4. The van der Waals surface area contributed by atoms with Crippen molar-refractivity contribution in [3.8, 4) is 22.6 Å². The molecule has 0 fully saturated rings. The van der Waals surface area contributed by atoms with E-state index >= 15 is 0 Å². The Balaban J connectivity index is 0.000000185. The smallest absolute Gasteiger partial charge is 0.216 e. The molecule has 5 nitrogen and oxygen atoms in total. The van der Waals surface area contributed by atoms with Gasteiger partial charge in [0.1, 0.15) is 0 Å². The number of furan rings is 1. The first-order valence-corrected chi connectivity index (χ1v) is 14.6. The third-order valence-corrected chi connectivity index (χ3v) is 7.38. The third-order valence-electron chi connectivity index (χ3n) is 7.38. The van der Waals surface area contributed by atoms with E-state index in [1.54, 1.807) is 30.5 Å². The topological polar surface area (TPSA) is 56.7 Å². The second-order valence-electron chi connectivity index (χ2n) is 12.0. The van der Waals surface area contributed by atoms with Gasteiger partial charge >= 0.3 is 0 Å². The monoisotopic (exact) mass is 772 g/mol. The summed E-state index contributed by atoms with van der Waals surface area (Å²) < 4.78 is 48.0. The zero-order chi connectivity index (χ0) is 34.7. The summed E-state index contributed by atoms with van der Waals surface area (Å²) in [6.07, 6.45) is 4.39. The van der Waals surface area contributed by atoms with Crippen LogP contribution in [0.5, 0.6) is 0 Å². The second kappa shape index (κ2) is 12.2. The van der Waals surface area contributed by atoms with E-state index in [0.717, 1.165) is 28.8 Å². The quantitative estimate of drug-likeness (QED) is 0.168. The molecule has 227 valence electrons. The Morgan fingerprint density at radius 1 is 1.00 bits per heavy atom. The number of imidazole rings is 1. The van der Waals surface area contributed by atoms with Crippen molar-refractivity contribution in [1.29, 1.82) is 0 Å². The number of fused-ring (bicyclic) bond motifs is 3. The van der Waals surface area contributed by atoms with Crippen molar-refractivity contribution in [2.24, 2.45) is 5.41 Å². The molecule has 45 heavy (non-hydrogen) atoms. The van der Waals surface area contributed by atoms with Crippen LogP contribution in [-0.4, -0.2) is 19.5 Å². The maximum atomic E-state index is 8.55. The van der Waals surface area contributed by atoms with E-state index in [0.29, 0.717) is 27.8 Å². The largest absolute Gasteiger partial charge is 0.486 e. The molecular formula is C39H34IrN4O-2. The van der Waals surface area contributed by atoms with E-state index in [9.17, 15) is 0 Å². The van der Waals surface area contributed by atoms with Crippen molar-refractivity contribution in [2.45, 2.75) is 47.5 Å². The van der Waals surface area contributed by atoms with Crippen LogP contribution in [0.2, 0.25) is 0 Å². The van der Waals surface area contributed by atoms with Crippen LogP contribution >= 0.6 is 0 Å². The summed E-state index contributed by atoms with van der Waals surface area (Å²) in [5.41, 5.74) is 7.60. The first kappa shape index (κ1) is 24.9. The Labute approximate surface area is 284 Å². The fraction of sp³-hybridized carbons (Fsp3) is 0.205. The molecule has 1 aliphatic heterocycles. The summed E-state index contributed by atoms with van der Waals surface area (Å²) >= 11 is 0. The molecular weight excluding hydrogens is 733 g/mol. The van der Waals surface area contributed by atoms with Crippen LogP contribution in [0.4, 0.5) is 0 Å². The summed E-state index contributed by atoms with van der Waals surface area (Å²) in [5, 5.41) is 1.48. The van der Waals surface area contributed by atoms with Gasteiger partial charge in [0.15, 0.2) is 0 Å². The summed E-state index contributed by atoms with van der Waals surface area (Å²) in [4.78, 5) is 13.4. The van der Waals surface area contributed by atoms with Gasteiger partial charge in [0.25, 0.3) is 0 Å². The van der Waals surface area contributed by atoms with Gasteiger partial charge in [0, 0.05) is 50.8 Å². The number of pyridine rings is 2. The van der Waals surface area contributed by atoms with Gasteiger partial charge in [-0.25, -0.2) is 4.98 Å². The van der Waals surface area contributed by atoms with Crippen molar-refractivity contribution in [3.63, 3.8) is 0 Å². The number of aryl methyl sites for hydroxylation is 2. The van der Waals surface area contributed by atoms with Crippen LogP contribution in [0.15, 0.2) is 89.5 Å². The van der Waals surface area contributed by atoms with Gasteiger partial charge in [-0.3, -0.25) is 4.98 Å². The molecule has 0 amide bonds. The summed E-state index contributed by atoms with van der Waals surface area (Å²) in [6, 6.07) is 28.9. The number of allylic oxidation sites excluding steroid dienone is 1. The fourth-order valence-corrected chi connectivity index (χ4v) is 5.67. The molecule has 0 saturated carbocycles. The standard InChI is InChI=1S/C22H21N2O.C17H13N2.Ir/c1-14-8-9-17-16-6-5-7-18(20(16)25-21(17)24-14)19-12-15(10-11-23-19)13-22(2,3)4;1-12-10-14-8-5-9-19-16(14)15(11-12)18-17(19)13-6-3-2-4-7-13;/h5-6,8-12H,13H2,1-4H3;2-6,8,10-11H,9H2,1H3;/q2*-1;/i1D3,13D2;;. The Morgan fingerprint density at radius 3 is 2.69 bits per heavy atom. The van der Waals surface area contributed by atoms with Crippen molar-refractivity contribution < 1.29 is 31.4 Å². The summed E-state index contributed by atoms with van der Waals surface area (Å²) in [6.45, 7) is 6.24. The zero-order valence-electron chi connectivity index (χ0n) is 30.4. The van der Waals surface area contributed by atoms with E-state index in [1.165, 1.54) is 22.7 Å². The van der Waals surface area contributed by atoms with Gasteiger partial charge < -0.3 is 14.0 Å². The molecule has 0 aliphatic carbocycles. The second-order valence-corrected chi connectivity index (χ2v) is 12.0. The van der Waals surface area contributed by atoms with Crippen LogP contribution < -0.4 is 0 Å². The molecule has 0 N–H and O–H groups in total. The van der Waals surface area contributed by atoms with Gasteiger partial charge in [-0.05, 0) is 72.7 Å². The molecule has 7 aromatic rings.